The van der Waals surface area contributed by atoms with E-state index in [-0.39, 0.29) is 5.56 Å². The molecule has 0 fully saturated rings. The monoisotopic (exact) mass is 192 g/mol. The van der Waals surface area contributed by atoms with E-state index in [1.165, 1.54) is 30.7 Å². The molecule has 0 amide bonds. The SMILES string of the molecule is Fc1cccc(-c2ccncn2)c1F. The lowest BCUT2D eigenvalue weighted by Gasteiger charge is -2.01. The van der Waals surface area contributed by atoms with Crippen molar-refractivity contribution in [1.29, 1.82) is 0 Å². The van der Waals surface area contributed by atoms with Crippen molar-refractivity contribution in [1.82, 2.24) is 9.97 Å². The Bertz CT molecular complexity index is 443. The van der Waals surface area contributed by atoms with Crippen molar-refractivity contribution in [3.8, 4) is 11.3 Å². The van der Waals surface area contributed by atoms with E-state index in [0.29, 0.717) is 5.69 Å². The molecule has 0 saturated heterocycles. The van der Waals surface area contributed by atoms with Crippen molar-refractivity contribution in [2.45, 2.75) is 0 Å². The Kier molecular flexibility index (Phi) is 2.18. The molecule has 1 aromatic carbocycles. The molecule has 1 heterocycles. The second kappa shape index (κ2) is 3.49. The molecule has 0 radical (unpaired) electrons. The lowest BCUT2D eigenvalue weighted by Crippen LogP contribution is -1.91. The van der Waals surface area contributed by atoms with Crippen LogP contribution in [0.3, 0.4) is 0 Å². The maximum atomic E-state index is 13.3. The fraction of sp³-hybridized carbons (Fsp3) is 0. The van der Waals surface area contributed by atoms with Crippen LogP contribution >= 0.6 is 0 Å². The van der Waals surface area contributed by atoms with E-state index in [2.05, 4.69) is 9.97 Å². The first-order valence-corrected chi connectivity index (χ1v) is 3.99. The van der Waals surface area contributed by atoms with Crippen LogP contribution in [0, 0.1) is 11.6 Å². The molecule has 0 N–H and O–H groups in total. The van der Waals surface area contributed by atoms with Gasteiger partial charge >= 0.3 is 0 Å². The average Bonchev–Trinajstić information content (AvgIpc) is 2.23. The van der Waals surface area contributed by atoms with Crippen molar-refractivity contribution in [3.05, 3.63) is 48.4 Å². The quantitative estimate of drug-likeness (QED) is 0.693. The van der Waals surface area contributed by atoms with E-state index in [4.69, 9.17) is 0 Å². The molecule has 2 nitrogen and oxygen atoms in total. The van der Waals surface area contributed by atoms with Gasteiger partial charge in [-0.05, 0) is 18.2 Å². The van der Waals surface area contributed by atoms with Crippen LogP contribution < -0.4 is 0 Å². The van der Waals surface area contributed by atoms with E-state index in [9.17, 15) is 8.78 Å². The average molecular weight is 192 g/mol. The van der Waals surface area contributed by atoms with E-state index in [1.54, 1.807) is 0 Å². The summed E-state index contributed by atoms with van der Waals surface area (Å²) in [4.78, 5) is 7.53. The molecule has 0 spiro atoms. The number of hydrogen-bond donors (Lipinski definition) is 0. The van der Waals surface area contributed by atoms with Gasteiger partial charge in [0, 0.05) is 11.8 Å². The fourth-order valence-corrected chi connectivity index (χ4v) is 1.15. The van der Waals surface area contributed by atoms with Crippen molar-refractivity contribution in [2.24, 2.45) is 0 Å². The van der Waals surface area contributed by atoms with Gasteiger partial charge in [0.05, 0.1) is 5.69 Å². The zero-order valence-electron chi connectivity index (χ0n) is 7.11. The van der Waals surface area contributed by atoms with Crippen LogP contribution in [0.4, 0.5) is 8.78 Å². The van der Waals surface area contributed by atoms with Crippen LogP contribution in [-0.4, -0.2) is 9.97 Å². The molecule has 4 heteroatoms. The topological polar surface area (TPSA) is 25.8 Å². The van der Waals surface area contributed by atoms with Crippen molar-refractivity contribution < 1.29 is 8.78 Å². The van der Waals surface area contributed by atoms with Gasteiger partial charge in [-0.15, -0.1) is 0 Å². The number of rotatable bonds is 1. The van der Waals surface area contributed by atoms with Gasteiger partial charge in [0.15, 0.2) is 11.6 Å². The molecule has 0 atom stereocenters. The second-order valence-electron chi connectivity index (χ2n) is 2.70. The molecule has 0 bridgehead atoms. The molecule has 14 heavy (non-hydrogen) atoms. The molecule has 0 unspecified atom stereocenters. The largest absolute Gasteiger partial charge is 0.245 e. The molecule has 0 aliphatic carbocycles. The molecule has 2 aromatic rings. The number of hydrogen-bond acceptors (Lipinski definition) is 2. The molecule has 0 aliphatic heterocycles. The Morgan fingerprint density at radius 3 is 2.64 bits per heavy atom. The third-order valence-electron chi connectivity index (χ3n) is 1.81. The molecular formula is C10H6F2N2. The van der Waals surface area contributed by atoms with Crippen LogP contribution in [0.25, 0.3) is 11.3 Å². The summed E-state index contributed by atoms with van der Waals surface area (Å²) >= 11 is 0. The summed E-state index contributed by atoms with van der Waals surface area (Å²) in [6, 6.07) is 5.51. The minimum absolute atomic E-state index is 0.146. The lowest BCUT2D eigenvalue weighted by atomic mass is 10.1. The lowest BCUT2D eigenvalue weighted by molar-refractivity contribution is 0.511. The first-order chi connectivity index (χ1) is 6.79. The summed E-state index contributed by atoms with van der Waals surface area (Å²) in [5.74, 6) is -1.76. The highest BCUT2D eigenvalue weighted by molar-refractivity contribution is 5.59. The highest BCUT2D eigenvalue weighted by atomic mass is 19.2. The van der Waals surface area contributed by atoms with E-state index < -0.39 is 11.6 Å². The zero-order valence-corrected chi connectivity index (χ0v) is 7.11. The maximum Gasteiger partial charge on any atom is 0.168 e. The molecule has 0 aliphatic rings. The van der Waals surface area contributed by atoms with E-state index in [0.717, 1.165) is 6.07 Å². The normalized spacial score (nSPS) is 10.1. The Morgan fingerprint density at radius 2 is 1.93 bits per heavy atom. The van der Waals surface area contributed by atoms with Crippen LogP contribution in [0.2, 0.25) is 0 Å². The summed E-state index contributed by atoms with van der Waals surface area (Å²) in [5.41, 5.74) is 0.518. The summed E-state index contributed by atoms with van der Waals surface area (Å²) in [5, 5.41) is 0. The van der Waals surface area contributed by atoms with Gasteiger partial charge in [-0.2, -0.15) is 0 Å². The van der Waals surface area contributed by atoms with Crippen LogP contribution in [0.5, 0.6) is 0 Å². The third-order valence-corrected chi connectivity index (χ3v) is 1.81. The summed E-state index contributed by atoms with van der Waals surface area (Å²) < 4.78 is 26.1. The van der Waals surface area contributed by atoms with Gasteiger partial charge in [0.1, 0.15) is 6.33 Å². The van der Waals surface area contributed by atoms with Crippen LogP contribution in [0.15, 0.2) is 36.8 Å². The number of benzene rings is 1. The van der Waals surface area contributed by atoms with Gasteiger partial charge in [0.25, 0.3) is 0 Å². The first-order valence-electron chi connectivity index (χ1n) is 3.99. The Hall–Kier alpha value is -1.84. The van der Waals surface area contributed by atoms with Crippen LogP contribution in [0.1, 0.15) is 0 Å². The highest BCUT2D eigenvalue weighted by Crippen LogP contribution is 2.21. The summed E-state index contributed by atoms with van der Waals surface area (Å²) in [6.07, 6.45) is 2.77. The molecule has 0 saturated carbocycles. The van der Waals surface area contributed by atoms with Gasteiger partial charge in [-0.3, -0.25) is 0 Å². The number of nitrogens with zero attached hydrogens (tertiary/aromatic N) is 2. The minimum Gasteiger partial charge on any atom is -0.245 e. The summed E-state index contributed by atoms with van der Waals surface area (Å²) in [6.45, 7) is 0. The maximum absolute atomic E-state index is 13.3. The fourth-order valence-electron chi connectivity index (χ4n) is 1.15. The Balaban J connectivity index is 2.58. The van der Waals surface area contributed by atoms with Crippen molar-refractivity contribution in [3.63, 3.8) is 0 Å². The molecular weight excluding hydrogens is 186 g/mol. The zero-order chi connectivity index (χ0) is 9.97. The van der Waals surface area contributed by atoms with Gasteiger partial charge in [-0.1, -0.05) is 6.07 Å². The Morgan fingerprint density at radius 1 is 1.07 bits per heavy atom. The Labute approximate surface area is 79.3 Å². The first kappa shape index (κ1) is 8.74. The second-order valence-corrected chi connectivity index (χ2v) is 2.70. The van der Waals surface area contributed by atoms with Crippen LogP contribution in [-0.2, 0) is 0 Å². The minimum atomic E-state index is -0.883. The third kappa shape index (κ3) is 1.46. The van der Waals surface area contributed by atoms with E-state index in [1.807, 2.05) is 0 Å². The van der Waals surface area contributed by atoms with Gasteiger partial charge < -0.3 is 0 Å². The highest BCUT2D eigenvalue weighted by Gasteiger charge is 2.09. The summed E-state index contributed by atoms with van der Waals surface area (Å²) in [7, 11) is 0. The molecule has 1 aromatic heterocycles. The van der Waals surface area contributed by atoms with Crippen molar-refractivity contribution in [2.75, 3.05) is 0 Å². The number of halogens is 2. The van der Waals surface area contributed by atoms with Gasteiger partial charge in [-0.25, -0.2) is 18.7 Å². The molecule has 2 rings (SSSR count). The predicted molar refractivity (Wildman–Crippen MR) is 47.4 cm³/mol. The van der Waals surface area contributed by atoms with Crippen molar-refractivity contribution >= 4 is 0 Å². The predicted octanol–water partition coefficient (Wildman–Crippen LogP) is 2.42. The van der Waals surface area contributed by atoms with Gasteiger partial charge in [0.2, 0.25) is 0 Å². The van der Waals surface area contributed by atoms with E-state index >= 15 is 0 Å². The number of aromatic nitrogens is 2. The standard InChI is InChI=1S/C10H6F2N2/c11-8-3-1-2-7(10(8)12)9-4-5-13-6-14-9/h1-6H. The smallest absolute Gasteiger partial charge is 0.168 e. The molecule has 70 valence electrons.